The van der Waals surface area contributed by atoms with Gasteiger partial charge in [-0.15, -0.1) is 11.3 Å². The van der Waals surface area contributed by atoms with Gasteiger partial charge in [-0.25, -0.2) is 0 Å². The van der Waals surface area contributed by atoms with Gasteiger partial charge in [0.15, 0.2) is 11.5 Å². The number of hydrogen-bond acceptors (Lipinski definition) is 7. The molecule has 0 bridgehead atoms. The molecule has 0 radical (unpaired) electrons. The second-order valence-corrected chi connectivity index (χ2v) is 9.05. The number of hydrogen-bond donors (Lipinski definition) is 2. The minimum absolute atomic E-state index is 0.161. The van der Waals surface area contributed by atoms with Gasteiger partial charge >= 0.3 is 0 Å². The standard InChI is InChI=1S/C26H30N2O5S/c1-30-17-12-13-20(31-2)19(14-17)28-25(29)23-18-9-5-6-11-22(18)34-26(23)27-15-16-8-7-10-21(32-3)24(16)33-4/h7-8,10,12-14,27H,5-6,9,11,15H2,1-4H3,(H,28,29). The fourth-order valence-corrected chi connectivity index (χ4v) is 5.58. The maximum absolute atomic E-state index is 13.6. The van der Waals surface area contributed by atoms with Gasteiger partial charge < -0.3 is 29.6 Å². The molecule has 34 heavy (non-hydrogen) atoms. The summed E-state index contributed by atoms with van der Waals surface area (Å²) in [6.07, 6.45) is 4.11. The fourth-order valence-electron chi connectivity index (χ4n) is 4.30. The number of methoxy groups -OCH3 is 4. The summed E-state index contributed by atoms with van der Waals surface area (Å²) in [5, 5.41) is 7.40. The first-order valence-corrected chi connectivity index (χ1v) is 12.0. The average molecular weight is 483 g/mol. The highest BCUT2D eigenvalue weighted by Gasteiger charge is 2.26. The Morgan fingerprint density at radius 2 is 1.74 bits per heavy atom. The molecule has 2 aromatic carbocycles. The van der Waals surface area contributed by atoms with E-state index in [-0.39, 0.29) is 5.91 Å². The number of carbonyl (C=O) groups excluding carboxylic acids is 1. The Hall–Kier alpha value is -3.39. The number of anilines is 2. The molecule has 8 heteroatoms. The van der Waals surface area contributed by atoms with Gasteiger partial charge in [-0.2, -0.15) is 0 Å². The van der Waals surface area contributed by atoms with Gasteiger partial charge in [-0.1, -0.05) is 12.1 Å². The number of nitrogens with one attached hydrogen (secondary N) is 2. The number of para-hydroxylation sites is 1. The normalized spacial score (nSPS) is 12.5. The average Bonchev–Trinajstić information content (AvgIpc) is 3.25. The number of amides is 1. The van der Waals surface area contributed by atoms with E-state index in [1.807, 2.05) is 18.2 Å². The Morgan fingerprint density at radius 1 is 0.941 bits per heavy atom. The van der Waals surface area contributed by atoms with Crippen LogP contribution in [0.3, 0.4) is 0 Å². The van der Waals surface area contributed by atoms with Crippen LogP contribution in [0.15, 0.2) is 36.4 Å². The lowest BCUT2D eigenvalue weighted by Crippen LogP contribution is -2.17. The molecule has 0 fully saturated rings. The van der Waals surface area contributed by atoms with E-state index >= 15 is 0 Å². The molecule has 0 saturated carbocycles. The predicted octanol–water partition coefficient (Wildman–Crippen LogP) is 5.53. The zero-order chi connectivity index (χ0) is 24.1. The van der Waals surface area contributed by atoms with Crippen LogP contribution >= 0.6 is 11.3 Å². The Balaban J connectivity index is 1.65. The van der Waals surface area contributed by atoms with Gasteiger partial charge in [0.05, 0.1) is 39.7 Å². The molecule has 1 heterocycles. The smallest absolute Gasteiger partial charge is 0.259 e. The summed E-state index contributed by atoms with van der Waals surface area (Å²) in [5.74, 6) is 2.42. The molecule has 0 aliphatic heterocycles. The van der Waals surface area contributed by atoms with Gasteiger partial charge in [0, 0.05) is 23.1 Å². The molecule has 0 saturated heterocycles. The van der Waals surface area contributed by atoms with Crippen LogP contribution < -0.4 is 29.6 Å². The predicted molar refractivity (Wildman–Crippen MR) is 135 cm³/mol. The molecule has 1 amide bonds. The highest BCUT2D eigenvalue weighted by atomic mass is 32.1. The molecule has 0 spiro atoms. The first-order chi connectivity index (χ1) is 16.6. The van der Waals surface area contributed by atoms with Crippen molar-refractivity contribution in [1.29, 1.82) is 0 Å². The van der Waals surface area contributed by atoms with Crippen molar-refractivity contribution >= 4 is 27.9 Å². The molecule has 180 valence electrons. The first kappa shape index (κ1) is 23.8. The van der Waals surface area contributed by atoms with Gasteiger partial charge in [0.25, 0.3) is 5.91 Å². The van der Waals surface area contributed by atoms with Crippen LogP contribution in [0, 0.1) is 0 Å². The highest BCUT2D eigenvalue weighted by Crippen LogP contribution is 2.40. The molecule has 1 aliphatic carbocycles. The molecule has 1 aliphatic rings. The number of rotatable bonds is 9. The molecule has 0 atom stereocenters. The van der Waals surface area contributed by atoms with Gasteiger partial charge in [0.1, 0.15) is 16.5 Å². The van der Waals surface area contributed by atoms with E-state index < -0.39 is 0 Å². The third-order valence-corrected chi connectivity index (χ3v) is 7.23. The van der Waals surface area contributed by atoms with Crippen molar-refractivity contribution in [2.45, 2.75) is 32.2 Å². The van der Waals surface area contributed by atoms with Crippen molar-refractivity contribution in [2.75, 3.05) is 39.1 Å². The van der Waals surface area contributed by atoms with Crippen molar-refractivity contribution in [3.63, 3.8) is 0 Å². The van der Waals surface area contributed by atoms with Crippen molar-refractivity contribution in [1.82, 2.24) is 0 Å². The van der Waals surface area contributed by atoms with Crippen LogP contribution in [-0.2, 0) is 19.4 Å². The maximum Gasteiger partial charge on any atom is 0.259 e. The molecular formula is C26H30N2O5S. The van der Waals surface area contributed by atoms with E-state index in [9.17, 15) is 4.79 Å². The summed E-state index contributed by atoms with van der Waals surface area (Å²) in [6, 6.07) is 11.1. The molecule has 4 rings (SSSR count). The van der Waals surface area contributed by atoms with Crippen LogP contribution in [0.4, 0.5) is 10.7 Å². The van der Waals surface area contributed by atoms with E-state index in [0.29, 0.717) is 40.8 Å². The Kier molecular flexibility index (Phi) is 7.47. The monoisotopic (exact) mass is 482 g/mol. The quantitative estimate of drug-likeness (QED) is 0.418. The van der Waals surface area contributed by atoms with Crippen molar-refractivity contribution in [3.8, 4) is 23.0 Å². The SMILES string of the molecule is COc1ccc(OC)c(NC(=O)c2c(NCc3cccc(OC)c3OC)sc3c2CCCC3)c1. The van der Waals surface area contributed by atoms with Crippen molar-refractivity contribution in [3.05, 3.63) is 58.0 Å². The van der Waals surface area contributed by atoms with Crippen molar-refractivity contribution in [2.24, 2.45) is 0 Å². The fraction of sp³-hybridized carbons (Fsp3) is 0.346. The molecule has 1 aromatic heterocycles. The van der Waals surface area contributed by atoms with Gasteiger partial charge in [0.2, 0.25) is 0 Å². The zero-order valence-electron chi connectivity index (χ0n) is 19.9. The third kappa shape index (κ3) is 4.77. The zero-order valence-corrected chi connectivity index (χ0v) is 20.8. The summed E-state index contributed by atoms with van der Waals surface area (Å²) in [7, 11) is 6.43. The van der Waals surface area contributed by atoms with E-state index in [4.69, 9.17) is 18.9 Å². The summed E-state index contributed by atoms with van der Waals surface area (Å²) in [4.78, 5) is 14.9. The second kappa shape index (κ2) is 10.7. The molecule has 7 nitrogen and oxygen atoms in total. The topological polar surface area (TPSA) is 78.1 Å². The van der Waals surface area contributed by atoms with Gasteiger partial charge in [-0.3, -0.25) is 4.79 Å². The highest BCUT2D eigenvalue weighted by molar-refractivity contribution is 7.16. The van der Waals surface area contributed by atoms with Crippen LogP contribution in [0.2, 0.25) is 0 Å². The molecule has 3 aromatic rings. The Morgan fingerprint density at radius 3 is 2.47 bits per heavy atom. The second-order valence-electron chi connectivity index (χ2n) is 7.94. The van der Waals surface area contributed by atoms with E-state index in [1.54, 1.807) is 58.0 Å². The molecule has 0 unspecified atom stereocenters. The Labute approximate surface area is 204 Å². The molecule has 2 N–H and O–H groups in total. The van der Waals surface area contributed by atoms with Crippen LogP contribution in [0.5, 0.6) is 23.0 Å². The number of benzene rings is 2. The van der Waals surface area contributed by atoms with E-state index in [0.717, 1.165) is 41.8 Å². The van der Waals surface area contributed by atoms with Crippen LogP contribution in [0.1, 0.15) is 39.2 Å². The number of ether oxygens (including phenoxy) is 4. The first-order valence-electron chi connectivity index (χ1n) is 11.2. The Bertz CT molecular complexity index is 1170. The number of thiophene rings is 1. The largest absolute Gasteiger partial charge is 0.497 e. The lowest BCUT2D eigenvalue weighted by atomic mass is 9.95. The van der Waals surface area contributed by atoms with E-state index in [1.165, 1.54) is 4.88 Å². The number of aryl methyl sites for hydroxylation is 1. The lowest BCUT2D eigenvalue weighted by Gasteiger charge is -2.16. The van der Waals surface area contributed by atoms with Gasteiger partial charge in [-0.05, 0) is 49.4 Å². The maximum atomic E-state index is 13.6. The minimum Gasteiger partial charge on any atom is -0.497 e. The third-order valence-electron chi connectivity index (χ3n) is 5.98. The minimum atomic E-state index is -0.161. The van der Waals surface area contributed by atoms with Crippen molar-refractivity contribution < 1.29 is 23.7 Å². The van der Waals surface area contributed by atoms with E-state index in [2.05, 4.69) is 10.6 Å². The van der Waals surface area contributed by atoms with Crippen LogP contribution in [0.25, 0.3) is 0 Å². The summed E-state index contributed by atoms with van der Waals surface area (Å²) in [5.41, 5.74) is 3.36. The number of carbonyl (C=O) groups is 1. The summed E-state index contributed by atoms with van der Waals surface area (Å²) < 4.78 is 21.8. The molecular weight excluding hydrogens is 452 g/mol. The number of fused-ring (bicyclic) bond motifs is 1. The summed E-state index contributed by atoms with van der Waals surface area (Å²) >= 11 is 1.66. The summed E-state index contributed by atoms with van der Waals surface area (Å²) in [6.45, 7) is 0.503. The lowest BCUT2D eigenvalue weighted by molar-refractivity contribution is 0.102. The van der Waals surface area contributed by atoms with Crippen LogP contribution in [-0.4, -0.2) is 34.3 Å².